The molecule has 2 aliphatic rings. The fourth-order valence-corrected chi connectivity index (χ4v) is 10.4. The molecule has 7 N–H and O–H groups in total. The number of unbranched alkanes of at least 4 members (excludes halogenated alkanes) is 34. The molecule has 11 unspecified atom stereocenters. The topological polar surface area (TPSA) is 214 Å². The first kappa shape index (κ1) is 73.3. The standard InChI is InChI=1S/C65H120O14/c1-3-5-7-9-11-13-15-17-19-21-23-24-25-26-27-28-29-31-33-35-37-39-41-43-45-47-49-74-51-54(77-57(67)48-46-44-42-40-38-36-34-32-30-22-20-18-16-14-12-10-8-6-4-2)52-75-64-63(73)61(71)59(69)56(79-64)53-76-65-62(72)60(70)58(68)55(50-66)78-65/h12,14,18,20,30,32,54-56,58-66,68-73H,3-11,13,15-17,19,21-29,31,33-53H2,1-2H3/b14-12-,20-18-,32-30-. The Labute approximate surface area is 480 Å². The summed E-state index contributed by atoms with van der Waals surface area (Å²) in [6.45, 7) is 3.70. The van der Waals surface area contributed by atoms with Crippen LogP contribution in [0.15, 0.2) is 36.5 Å². The second kappa shape index (κ2) is 51.8. The minimum absolute atomic E-state index is 0.0596. The number of ether oxygens (including phenoxy) is 6. The van der Waals surface area contributed by atoms with Crippen LogP contribution >= 0.6 is 0 Å². The molecule has 0 aromatic heterocycles. The van der Waals surface area contributed by atoms with Gasteiger partial charge in [-0.05, 0) is 51.4 Å². The fraction of sp³-hybridized carbons (Fsp3) is 0.892. The normalized spacial score (nSPS) is 24.2. The van der Waals surface area contributed by atoms with Crippen LogP contribution in [-0.4, -0.2) is 142 Å². The van der Waals surface area contributed by atoms with Crippen molar-refractivity contribution < 1.29 is 69.0 Å². The smallest absolute Gasteiger partial charge is 0.306 e. The number of hydrogen-bond donors (Lipinski definition) is 7. The molecule has 0 radical (unpaired) electrons. The van der Waals surface area contributed by atoms with Gasteiger partial charge in [0.25, 0.3) is 0 Å². The van der Waals surface area contributed by atoms with E-state index in [-0.39, 0.29) is 25.6 Å². The number of aliphatic hydroxyl groups excluding tert-OH is 7. The van der Waals surface area contributed by atoms with Crippen molar-refractivity contribution in [2.45, 2.75) is 338 Å². The van der Waals surface area contributed by atoms with Crippen LogP contribution in [0.3, 0.4) is 0 Å². The molecule has 0 amide bonds. The number of rotatable bonds is 54. The van der Waals surface area contributed by atoms with Gasteiger partial charge >= 0.3 is 5.97 Å². The van der Waals surface area contributed by atoms with Crippen LogP contribution < -0.4 is 0 Å². The first-order valence-corrected chi connectivity index (χ1v) is 32.6. The Kier molecular flexibility index (Phi) is 48.1. The van der Waals surface area contributed by atoms with Crippen LogP contribution in [0.2, 0.25) is 0 Å². The highest BCUT2D eigenvalue weighted by Crippen LogP contribution is 2.27. The van der Waals surface area contributed by atoms with Crippen molar-refractivity contribution in [1.82, 2.24) is 0 Å². The number of allylic oxidation sites excluding steroid dienone is 6. The van der Waals surface area contributed by atoms with E-state index < -0.39 is 80.7 Å². The summed E-state index contributed by atoms with van der Waals surface area (Å²) in [6.07, 6.45) is 46.4. The Morgan fingerprint density at radius 3 is 1.25 bits per heavy atom. The van der Waals surface area contributed by atoms with Crippen molar-refractivity contribution in [3.8, 4) is 0 Å². The molecule has 0 aromatic rings. The molecule has 79 heavy (non-hydrogen) atoms. The average Bonchev–Trinajstić information content (AvgIpc) is 3.46. The molecule has 0 aromatic carbocycles. The van der Waals surface area contributed by atoms with Gasteiger partial charge in [-0.2, -0.15) is 0 Å². The van der Waals surface area contributed by atoms with Crippen LogP contribution in [-0.2, 0) is 33.2 Å². The molecule has 11 atom stereocenters. The molecular weight excluding hydrogens is 1000 g/mol. The van der Waals surface area contributed by atoms with Crippen molar-refractivity contribution in [2.24, 2.45) is 0 Å². The molecule has 0 bridgehead atoms. The molecule has 14 nitrogen and oxygen atoms in total. The van der Waals surface area contributed by atoms with Gasteiger partial charge in [-0.3, -0.25) is 4.79 Å². The SMILES string of the molecule is CCCCC/C=C\C/C=C\C/C=C\CCCCCCCCC(=O)OC(COCCCCCCCCCCCCCCCCCCCCCCCCCCCC)COC1OC(COC2OC(CO)C(O)C(O)C2O)C(O)C(O)C1O. The summed E-state index contributed by atoms with van der Waals surface area (Å²) in [5, 5.41) is 72.5. The van der Waals surface area contributed by atoms with E-state index in [0.717, 1.165) is 70.6 Å². The molecule has 0 aliphatic carbocycles. The highest BCUT2D eigenvalue weighted by molar-refractivity contribution is 5.69. The summed E-state index contributed by atoms with van der Waals surface area (Å²) in [7, 11) is 0. The van der Waals surface area contributed by atoms with E-state index in [9.17, 15) is 40.5 Å². The van der Waals surface area contributed by atoms with Crippen LogP contribution in [0.25, 0.3) is 0 Å². The van der Waals surface area contributed by atoms with Gasteiger partial charge < -0.3 is 64.2 Å². The maximum absolute atomic E-state index is 13.1. The first-order chi connectivity index (χ1) is 38.6. The zero-order chi connectivity index (χ0) is 57.2. The molecule has 2 fully saturated rings. The van der Waals surface area contributed by atoms with Crippen LogP contribution in [0.1, 0.15) is 271 Å². The van der Waals surface area contributed by atoms with Crippen LogP contribution in [0.4, 0.5) is 0 Å². The zero-order valence-electron chi connectivity index (χ0n) is 50.1. The number of carbonyl (C=O) groups is 1. The van der Waals surface area contributed by atoms with E-state index in [2.05, 4.69) is 50.3 Å². The van der Waals surface area contributed by atoms with Gasteiger partial charge in [-0.25, -0.2) is 0 Å². The maximum Gasteiger partial charge on any atom is 0.306 e. The lowest BCUT2D eigenvalue weighted by molar-refractivity contribution is -0.332. The molecule has 2 aliphatic heterocycles. The quantitative estimate of drug-likeness (QED) is 0.0172. The number of esters is 1. The number of hydrogen-bond acceptors (Lipinski definition) is 14. The molecule has 2 heterocycles. The van der Waals surface area contributed by atoms with E-state index in [1.54, 1.807) is 0 Å². The highest BCUT2D eigenvalue weighted by atomic mass is 16.7. The Balaban J connectivity index is 1.66. The first-order valence-electron chi connectivity index (χ1n) is 32.6. The predicted octanol–water partition coefficient (Wildman–Crippen LogP) is 12.9. The largest absolute Gasteiger partial charge is 0.457 e. The van der Waals surface area contributed by atoms with Crippen molar-refractivity contribution >= 4 is 5.97 Å². The lowest BCUT2D eigenvalue weighted by Gasteiger charge is -2.42. The summed E-state index contributed by atoms with van der Waals surface area (Å²) < 4.78 is 34.5. The lowest BCUT2D eigenvalue weighted by Crippen LogP contribution is -2.61. The monoisotopic (exact) mass is 1120 g/mol. The summed E-state index contributed by atoms with van der Waals surface area (Å²) in [6, 6.07) is 0. The number of carbonyl (C=O) groups excluding carboxylic acids is 1. The van der Waals surface area contributed by atoms with Gasteiger partial charge in [-0.1, -0.05) is 249 Å². The van der Waals surface area contributed by atoms with Gasteiger partial charge in [0.2, 0.25) is 0 Å². The molecule has 2 saturated heterocycles. The Morgan fingerprint density at radius 2 is 0.785 bits per heavy atom. The van der Waals surface area contributed by atoms with Crippen LogP contribution in [0, 0.1) is 0 Å². The molecule has 0 saturated carbocycles. The van der Waals surface area contributed by atoms with Gasteiger partial charge in [-0.15, -0.1) is 0 Å². The van der Waals surface area contributed by atoms with E-state index in [0.29, 0.717) is 13.0 Å². The minimum atomic E-state index is -1.71. The fourth-order valence-electron chi connectivity index (χ4n) is 10.4. The van der Waals surface area contributed by atoms with E-state index >= 15 is 0 Å². The molecule has 464 valence electrons. The third-order valence-corrected chi connectivity index (χ3v) is 15.7. The Hall–Kier alpha value is -1.79. The van der Waals surface area contributed by atoms with Crippen molar-refractivity contribution in [1.29, 1.82) is 0 Å². The highest BCUT2D eigenvalue weighted by Gasteiger charge is 2.47. The molecule has 2 rings (SSSR count). The molecule has 0 spiro atoms. The van der Waals surface area contributed by atoms with Gasteiger partial charge in [0, 0.05) is 13.0 Å². The average molecular weight is 1130 g/mol. The second-order valence-corrected chi connectivity index (χ2v) is 22.9. The summed E-state index contributed by atoms with van der Waals surface area (Å²) in [5.74, 6) is -0.383. The Morgan fingerprint density at radius 1 is 0.418 bits per heavy atom. The van der Waals surface area contributed by atoms with Gasteiger partial charge in [0.05, 0.1) is 26.4 Å². The van der Waals surface area contributed by atoms with E-state index in [1.165, 1.54) is 173 Å². The minimum Gasteiger partial charge on any atom is -0.457 e. The maximum atomic E-state index is 13.1. The number of aliphatic hydroxyl groups is 7. The van der Waals surface area contributed by atoms with Crippen LogP contribution in [0.5, 0.6) is 0 Å². The van der Waals surface area contributed by atoms with E-state index in [4.69, 9.17) is 28.4 Å². The molecule has 14 heteroatoms. The van der Waals surface area contributed by atoms with E-state index in [1.807, 2.05) is 0 Å². The van der Waals surface area contributed by atoms with Gasteiger partial charge in [0.15, 0.2) is 12.6 Å². The summed E-state index contributed by atoms with van der Waals surface area (Å²) in [4.78, 5) is 13.1. The third kappa shape index (κ3) is 37.9. The summed E-state index contributed by atoms with van der Waals surface area (Å²) >= 11 is 0. The lowest BCUT2D eigenvalue weighted by atomic mass is 9.98. The van der Waals surface area contributed by atoms with Gasteiger partial charge in [0.1, 0.15) is 54.9 Å². The summed E-state index contributed by atoms with van der Waals surface area (Å²) in [5.41, 5.74) is 0. The van der Waals surface area contributed by atoms with Crippen molar-refractivity contribution in [2.75, 3.05) is 33.0 Å². The predicted molar refractivity (Wildman–Crippen MR) is 316 cm³/mol. The van der Waals surface area contributed by atoms with Crippen molar-refractivity contribution in [3.05, 3.63) is 36.5 Å². The zero-order valence-corrected chi connectivity index (χ0v) is 50.1. The Bertz CT molecular complexity index is 1450. The second-order valence-electron chi connectivity index (χ2n) is 22.9. The molecular formula is C65H120O14. The van der Waals surface area contributed by atoms with Crippen molar-refractivity contribution in [3.63, 3.8) is 0 Å². The third-order valence-electron chi connectivity index (χ3n) is 15.7.